The second kappa shape index (κ2) is 17.2. The zero-order valence-corrected chi connectivity index (χ0v) is 46.1. The molecule has 0 aliphatic heterocycles. The van der Waals surface area contributed by atoms with E-state index in [2.05, 4.69) is 293 Å². The van der Waals surface area contributed by atoms with Gasteiger partial charge in [0, 0.05) is 14.4 Å². The molecule has 0 saturated carbocycles. The second-order valence-corrected chi connectivity index (χ2v) is 24.7. The summed E-state index contributed by atoms with van der Waals surface area (Å²) in [4.78, 5) is 0. The number of hydrogen-bond donors (Lipinski definition) is 0. The van der Waals surface area contributed by atoms with Crippen LogP contribution in [0, 0.1) is 0 Å². The van der Waals surface area contributed by atoms with E-state index in [1.165, 1.54) is 138 Å². The van der Waals surface area contributed by atoms with Crippen molar-refractivity contribution in [3.05, 3.63) is 249 Å². The van der Waals surface area contributed by atoms with Crippen molar-refractivity contribution in [3.8, 4) is 89.0 Å². The lowest BCUT2D eigenvalue weighted by Gasteiger charge is -2.30. The lowest BCUT2D eigenvalue weighted by Crippen LogP contribution is -2.22. The minimum Gasteiger partial charge on any atom is -0.0622 e. The van der Waals surface area contributed by atoms with Crippen LogP contribution in [0.25, 0.3) is 111 Å². The summed E-state index contributed by atoms with van der Waals surface area (Å²) in [6, 6.07) is 80.8. The van der Waals surface area contributed by atoms with Crippen LogP contribution >= 0.6 is 31.9 Å². The van der Waals surface area contributed by atoms with E-state index in [9.17, 15) is 0 Å². The Morgan fingerprint density at radius 3 is 1.28 bits per heavy atom. The third-order valence-electron chi connectivity index (χ3n) is 16.3. The molecule has 11 aromatic rings. The van der Waals surface area contributed by atoms with E-state index in [4.69, 9.17) is 0 Å². The van der Waals surface area contributed by atoms with Crippen LogP contribution < -0.4 is 0 Å². The third kappa shape index (κ3) is 7.43. The average Bonchev–Trinajstić information content (AvgIpc) is 3.88. The fourth-order valence-corrected chi connectivity index (χ4v) is 13.2. The molecule has 0 saturated heterocycles. The Balaban J connectivity index is 1.08. The predicted octanol–water partition coefficient (Wildman–Crippen LogP) is 21.4. The molecule has 2 heteroatoms. The zero-order valence-electron chi connectivity index (χ0n) is 43.0. The van der Waals surface area contributed by atoms with E-state index in [0.717, 1.165) is 8.95 Å². The average molecular weight is 1080 g/mol. The molecule has 2 aliphatic carbocycles. The zero-order chi connectivity index (χ0) is 50.8. The largest absolute Gasteiger partial charge is 0.0622 e. The van der Waals surface area contributed by atoms with Gasteiger partial charge in [-0.3, -0.25) is 0 Å². The molecule has 0 atom stereocenters. The van der Waals surface area contributed by atoms with Crippen molar-refractivity contribution in [3.63, 3.8) is 0 Å². The molecule has 0 amide bonds. The maximum Gasteiger partial charge on any atom is 0.0436 e. The molecule has 0 bridgehead atoms. The molecule has 0 fully saturated rings. The molecule has 0 aromatic heterocycles. The smallest absolute Gasteiger partial charge is 0.0436 e. The highest BCUT2D eigenvalue weighted by molar-refractivity contribution is 9.10. The van der Waals surface area contributed by atoms with E-state index < -0.39 is 5.41 Å². The molecule has 74 heavy (non-hydrogen) atoms. The lowest BCUT2D eigenvalue weighted by atomic mass is 9.73. The molecule has 2 aliphatic rings. The molecule has 11 aromatic carbocycles. The molecular formula is C72H56Br2. The van der Waals surface area contributed by atoms with Gasteiger partial charge in [-0.05, 0) is 205 Å². The lowest BCUT2D eigenvalue weighted by molar-refractivity contribution is 0.590. The Bertz CT molecular complexity index is 3940. The Morgan fingerprint density at radius 2 is 0.770 bits per heavy atom. The van der Waals surface area contributed by atoms with E-state index in [0.29, 0.717) is 0 Å². The monoisotopic (exact) mass is 1080 g/mol. The van der Waals surface area contributed by atoms with Crippen LogP contribution in [0.3, 0.4) is 0 Å². The van der Waals surface area contributed by atoms with Crippen LogP contribution in [0.5, 0.6) is 0 Å². The summed E-state index contributed by atoms with van der Waals surface area (Å²) in [5.41, 5.74) is 26.3. The quantitative estimate of drug-likeness (QED) is 0.156. The summed E-state index contributed by atoms with van der Waals surface area (Å²) < 4.78 is 2.17. The molecule has 0 spiro atoms. The summed E-state index contributed by atoms with van der Waals surface area (Å²) in [6.07, 6.45) is 0. The third-order valence-corrected chi connectivity index (χ3v) is 17.3. The molecule has 0 nitrogen and oxygen atoms in total. The fourth-order valence-electron chi connectivity index (χ4n) is 12.5. The van der Waals surface area contributed by atoms with Crippen LogP contribution in [-0.2, 0) is 16.2 Å². The molecule has 358 valence electrons. The Labute approximate surface area is 453 Å². The summed E-state index contributed by atoms with van der Waals surface area (Å²) >= 11 is 7.77. The van der Waals surface area contributed by atoms with E-state index in [1.807, 2.05) is 0 Å². The minimum absolute atomic E-state index is 0.0688. The van der Waals surface area contributed by atoms with Crippen LogP contribution in [0.1, 0.15) is 76.3 Å². The topological polar surface area (TPSA) is 0 Å². The van der Waals surface area contributed by atoms with Gasteiger partial charge in [-0.1, -0.05) is 237 Å². The SMILES string of the molecule is CC(C)(C)c1ccc(-c2cc(-c3ccc(C(C)(C)C)cc3)cc(-c3ccc4c5c(cccc35)-c3c-4c(-c4ccccc4)c4cc(C5(C)c6cc(Br)ccc6-c6ccc(Br)cc65)ccc4c3-c3ccccc3)c2)cc1. The van der Waals surface area contributed by atoms with Crippen LogP contribution in [0.2, 0.25) is 0 Å². The number of fused-ring (bicyclic) bond motifs is 7. The highest BCUT2D eigenvalue weighted by atomic mass is 79.9. The summed E-state index contributed by atoms with van der Waals surface area (Å²) in [5, 5.41) is 5.07. The number of benzene rings is 11. The maximum atomic E-state index is 3.88. The standard InChI is InChI=1S/C72H56Br2/c1-70(2,3)50-25-21-43(22-26-50)47-37-48(44-23-27-51(28-24-44)71(4,5)6)39-49(38-47)55-35-36-61-67-58(55)19-14-20-60(67)68-65(45-15-10-8-11-16-45)59-32-29-52(40-62(59)66(69(61)68)46-17-12-9-13-18-46)72(7)63-41-53(73)30-33-56(63)57-34-31-54(74)42-64(57)72/h8-42H,1-7H3. The minimum atomic E-state index is -0.416. The first-order valence-electron chi connectivity index (χ1n) is 25.9. The van der Waals surface area contributed by atoms with Gasteiger partial charge >= 0.3 is 0 Å². The van der Waals surface area contributed by atoms with Gasteiger partial charge in [-0.2, -0.15) is 0 Å². The first kappa shape index (κ1) is 46.7. The fraction of sp³-hybridized carbons (Fsp3) is 0.139. The van der Waals surface area contributed by atoms with Crippen molar-refractivity contribution in [2.24, 2.45) is 0 Å². The van der Waals surface area contributed by atoms with Crippen molar-refractivity contribution >= 4 is 53.4 Å². The first-order chi connectivity index (χ1) is 35.6. The normalized spacial score (nSPS) is 13.3. The Hall–Kier alpha value is -7.10. The summed E-state index contributed by atoms with van der Waals surface area (Å²) in [5.74, 6) is 0. The van der Waals surface area contributed by atoms with Gasteiger partial charge < -0.3 is 0 Å². The summed E-state index contributed by atoms with van der Waals surface area (Å²) in [6.45, 7) is 16.1. The van der Waals surface area contributed by atoms with Gasteiger partial charge in [0.1, 0.15) is 0 Å². The predicted molar refractivity (Wildman–Crippen MR) is 323 cm³/mol. The number of halogens is 2. The molecule has 0 radical (unpaired) electrons. The molecule has 13 rings (SSSR count). The highest BCUT2D eigenvalue weighted by Gasteiger charge is 2.42. The Morgan fingerprint density at radius 1 is 0.311 bits per heavy atom. The van der Waals surface area contributed by atoms with Crippen molar-refractivity contribution < 1.29 is 0 Å². The van der Waals surface area contributed by atoms with Crippen LogP contribution in [0.15, 0.2) is 221 Å². The van der Waals surface area contributed by atoms with Gasteiger partial charge in [0.15, 0.2) is 0 Å². The molecular weight excluding hydrogens is 1020 g/mol. The van der Waals surface area contributed by atoms with Gasteiger partial charge in [-0.25, -0.2) is 0 Å². The van der Waals surface area contributed by atoms with Gasteiger partial charge in [0.05, 0.1) is 0 Å². The van der Waals surface area contributed by atoms with Crippen LogP contribution in [-0.4, -0.2) is 0 Å². The maximum absolute atomic E-state index is 3.88. The number of rotatable bonds is 6. The molecule has 0 unspecified atom stereocenters. The Kier molecular flexibility index (Phi) is 10.9. The van der Waals surface area contributed by atoms with Gasteiger partial charge in [-0.15, -0.1) is 0 Å². The first-order valence-corrected chi connectivity index (χ1v) is 27.5. The van der Waals surface area contributed by atoms with Crippen molar-refractivity contribution in [1.82, 2.24) is 0 Å². The van der Waals surface area contributed by atoms with Crippen molar-refractivity contribution in [2.45, 2.75) is 64.7 Å². The van der Waals surface area contributed by atoms with Crippen molar-refractivity contribution in [2.75, 3.05) is 0 Å². The number of hydrogen-bond acceptors (Lipinski definition) is 0. The van der Waals surface area contributed by atoms with E-state index in [1.54, 1.807) is 0 Å². The summed E-state index contributed by atoms with van der Waals surface area (Å²) in [7, 11) is 0. The molecule has 0 heterocycles. The van der Waals surface area contributed by atoms with Gasteiger partial charge in [0.25, 0.3) is 0 Å². The van der Waals surface area contributed by atoms with E-state index >= 15 is 0 Å². The highest BCUT2D eigenvalue weighted by Crippen LogP contribution is 2.60. The van der Waals surface area contributed by atoms with Crippen LogP contribution in [0.4, 0.5) is 0 Å². The molecule has 0 N–H and O–H groups in total. The van der Waals surface area contributed by atoms with Crippen molar-refractivity contribution in [1.29, 1.82) is 0 Å². The van der Waals surface area contributed by atoms with E-state index in [-0.39, 0.29) is 10.8 Å². The second-order valence-electron chi connectivity index (χ2n) is 22.8. The van der Waals surface area contributed by atoms with Gasteiger partial charge in [0.2, 0.25) is 0 Å².